The summed E-state index contributed by atoms with van der Waals surface area (Å²) in [5.41, 5.74) is 2.09. The van der Waals surface area contributed by atoms with Gasteiger partial charge < -0.3 is 18.7 Å². The van der Waals surface area contributed by atoms with Crippen molar-refractivity contribution in [3.63, 3.8) is 0 Å². The van der Waals surface area contributed by atoms with Crippen molar-refractivity contribution >= 4 is 33.5 Å². The lowest BCUT2D eigenvalue weighted by molar-refractivity contribution is -0.148. The maximum absolute atomic E-state index is 11.9. The summed E-state index contributed by atoms with van der Waals surface area (Å²) in [4.78, 5) is 12.9. The van der Waals surface area contributed by atoms with Crippen LogP contribution in [0.3, 0.4) is 0 Å². The van der Waals surface area contributed by atoms with E-state index in [1.807, 2.05) is 77.1 Å². The van der Waals surface area contributed by atoms with Gasteiger partial charge >= 0.3 is 5.97 Å². The number of hydrogen-bond acceptors (Lipinski definition) is 7. The van der Waals surface area contributed by atoms with Crippen LogP contribution in [0.1, 0.15) is 37.8 Å². The summed E-state index contributed by atoms with van der Waals surface area (Å²) in [6, 6.07) is 13.5. The highest BCUT2D eigenvalue weighted by atomic mass is 32.1. The number of esters is 1. The largest absolute Gasteiger partial charge is 0.497 e. The maximum atomic E-state index is 11.9. The van der Waals surface area contributed by atoms with Gasteiger partial charge in [0.2, 0.25) is 0 Å². The number of nitrogens with zero attached hydrogens (tertiary/aromatic N) is 1. The number of carbonyl (C=O) groups excluding carboxylic acids is 1. The second-order valence-corrected chi connectivity index (χ2v) is 9.91. The minimum Gasteiger partial charge on any atom is -0.497 e. The molecule has 34 heavy (non-hydrogen) atoms. The van der Waals surface area contributed by atoms with E-state index in [1.165, 1.54) is 6.08 Å². The normalized spacial score (nSPS) is 11.8. The van der Waals surface area contributed by atoms with Crippen molar-refractivity contribution in [1.29, 1.82) is 0 Å². The Hall–Kier alpha value is -3.58. The first-order valence-electron chi connectivity index (χ1n) is 10.9. The van der Waals surface area contributed by atoms with Gasteiger partial charge in [0.1, 0.15) is 22.9 Å². The van der Waals surface area contributed by atoms with Crippen molar-refractivity contribution in [2.75, 3.05) is 7.11 Å². The van der Waals surface area contributed by atoms with Crippen molar-refractivity contribution < 1.29 is 23.5 Å². The van der Waals surface area contributed by atoms with Crippen LogP contribution in [0.15, 0.2) is 53.1 Å². The zero-order valence-corrected chi connectivity index (χ0v) is 20.9. The Kier molecular flexibility index (Phi) is 6.48. The van der Waals surface area contributed by atoms with Gasteiger partial charge in [0.05, 0.1) is 23.2 Å². The van der Waals surface area contributed by atoms with Gasteiger partial charge in [0.15, 0.2) is 5.75 Å². The Bertz CT molecular complexity index is 1340. The molecule has 6 nitrogen and oxygen atoms in total. The highest BCUT2D eigenvalue weighted by Gasteiger charge is 2.22. The zero-order valence-electron chi connectivity index (χ0n) is 20.1. The van der Waals surface area contributed by atoms with Gasteiger partial charge in [0.25, 0.3) is 0 Å². The third-order valence-corrected chi connectivity index (χ3v) is 6.18. The fourth-order valence-corrected chi connectivity index (χ4v) is 4.82. The van der Waals surface area contributed by atoms with E-state index >= 15 is 0 Å². The summed E-state index contributed by atoms with van der Waals surface area (Å²) in [5, 5.41) is 5.10. The molecule has 0 N–H and O–H groups in total. The van der Waals surface area contributed by atoms with Crippen LogP contribution < -0.4 is 9.47 Å². The van der Waals surface area contributed by atoms with Crippen LogP contribution in [0.25, 0.3) is 26.6 Å². The van der Waals surface area contributed by atoms with Crippen LogP contribution in [0.2, 0.25) is 0 Å². The highest BCUT2D eigenvalue weighted by Crippen LogP contribution is 2.48. The molecule has 0 saturated heterocycles. The van der Waals surface area contributed by atoms with Gasteiger partial charge in [-0.25, -0.2) is 4.79 Å². The molecular weight excluding hydrogens is 450 g/mol. The fourth-order valence-electron chi connectivity index (χ4n) is 3.52. The molecule has 7 heteroatoms. The number of aromatic nitrogens is 1. The van der Waals surface area contributed by atoms with Gasteiger partial charge in [-0.15, -0.1) is 11.3 Å². The lowest BCUT2D eigenvalue weighted by atomic mass is 10.1. The van der Waals surface area contributed by atoms with Crippen molar-refractivity contribution in [3.05, 3.63) is 65.6 Å². The molecule has 0 atom stereocenters. The van der Waals surface area contributed by atoms with E-state index in [0.29, 0.717) is 5.75 Å². The Morgan fingerprint density at radius 2 is 1.76 bits per heavy atom. The van der Waals surface area contributed by atoms with Crippen molar-refractivity contribution in [3.8, 4) is 27.7 Å². The molecule has 2 aromatic heterocycles. The van der Waals surface area contributed by atoms with E-state index in [9.17, 15) is 4.79 Å². The minimum atomic E-state index is -0.522. The van der Waals surface area contributed by atoms with E-state index in [4.69, 9.17) is 18.7 Å². The Morgan fingerprint density at radius 3 is 2.38 bits per heavy atom. The molecule has 0 aliphatic rings. The number of benzene rings is 2. The van der Waals surface area contributed by atoms with Crippen LogP contribution >= 0.6 is 11.3 Å². The quantitative estimate of drug-likeness (QED) is 0.214. The summed E-state index contributed by atoms with van der Waals surface area (Å²) in [7, 11) is 1.65. The Balaban J connectivity index is 1.65. The molecule has 0 aliphatic carbocycles. The van der Waals surface area contributed by atoms with Crippen LogP contribution in [0.5, 0.6) is 17.2 Å². The SMILES string of the molecule is COc1ccc2c(Oc3ccc(C=CC(=O)OC(C)(C)C)cc3)c(-c3c(C)noc3C)sc2c1. The van der Waals surface area contributed by atoms with Crippen LogP contribution in [-0.4, -0.2) is 23.8 Å². The monoisotopic (exact) mass is 477 g/mol. The predicted molar refractivity (Wildman–Crippen MR) is 135 cm³/mol. The number of aryl methyl sites for hydroxylation is 2. The molecule has 2 aromatic carbocycles. The number of methoxy groups -OCH3 is 1. The molecule has 0 bridgehead atoms. The van der Waals surface area contributed by atoms with Gasteiger partial charge in [0, 0.05) is 16.2 Å². The van der Waals surface area contributed by atoms with E-state index in [1.54, 1.807) is 24.5 Å². The smallest absolute Gasteiger partial charge is 0.331 e. The molecule has 0 aliphatic heterocycles. The van der Waals surface area contributed by atoms with Gasteiger partial charge in [-0.3, -0.25) is 0 Å². The summed E-state index contributed by atoms with van der Waals surface area (Å²) in [6.45, 7) is 9.34. The molecule has 0 fully saturated rings. The van der Waals surface area contributed by atoms with Gasteiger partial charge in [-0.2, -0.15) is 0 Å². The van der Waals surface area contributed by atoms with Gasteiger partial charge in [-0.05, 0) is 76.6 Å². The average Bonchev–Trinajstić information content (AvgIpc) is 3.30. The Morgan fingerprint density at radius 1 is 1.06 bits per heavy atom. The lowest BCUT2D eigenvalue weighted by Crippen LogP contribution is -2.22. The van der Waals surface area contributed by atoms with E-state index < -0.39 is 5.60 Å². The van der Waals surface area contributed by atoms with E-state index in [0.717, 1.165) is 49.0 Å². The summed E-state index contributed by atoms with van der Waals surface area (Å²) in [5.74, 6) is 2.57. The average molecular weight is 478 g/mol. The Labute approximate surface area is 202 Å². The third kappa shape index (κ3) is 5.15. The van der Waals surface area contributed by atoms with Crippen LogP contribution in [-0.2, 0) is 9.53 Å². The summed E-state index contributed by atoms with van der Waals surface area (Å²) in [6.07, 6.45) is 3.15. The molecule has 0 amide bonds. The van der Waals surface area contributed by atoms with Crippen LogP contribution in [0, 0.1) is 13.8 Å². The third-order valence-electron chi connectivity index (χ3n) is 5.03. The zero-order chi connectivity index (χ0) is 24.5. The molecule has 4 rings (SSSR count). The highest BCUT2D eigenvalue weighted by molar-refractivity contribution is 7.22. The molecular formula is C27H27NO5S. The number of fused-ring (bicyclic) bond motifs is 1. The second kappa shape index (κ2) is 9.35. The standard InChI is InChI=1S/C27H27NO5S/c1-16-24(17(2)33-28-16)26-25(21-13-12-20(30-6)15-22(21)34-26)31-19-10-7-18(8-11-19)9-14-23(29)32-27(3,4)5/h7-15H,1-6H3. The van der Waals surface area contributed by atoms with Gasteiger partial charge in [-0.1, -0.05) is 17.3 Å². The molecule has 2 heterocycles. The van der Waals surface area contributed by atoms with Crippen molar-refractivity contribution in [1.82, 2.24) is 5.16 Å². The fraction of sp³-hybridized carbons (Fsp3) is 0.259. The predicted octanol–water partition coefficient (Wildman–Crippen LogP) is 7.33. The molecule has 0 spiro atoms. The molecule has 0 radical (unpaired) electrons. The van der Waals surface area contributed by atoms with E-state index in [-0.39, 0.29) is 5.97 Å². The number of thiophene rings is 1. The number of carbonyl (C=O) groups is 1. The first-order chi connectivity index (χ1) is 16.1. The number of rotatable bonds is 6. The number of hydrogen-bond donors (Lipinski definition) is 0. The molecule has 4 aromatic rings. The molecule has 0 saturated carbocycles. The van der Waals surface area contributed by atoms with Crippen LogP contribution in [0.4, 0.5) is 0 Å². The first kappa shape index (κ1) is 23.6. The summed E-state index contributed by atoms with van der Waals surface area (Å²) < 4.78 is 23.6. The topological polar surface area (TPSA) is 70.8 Å². The lowest BCUT2D eigenvalue weighted by Gasteiger charge is -2.17. The number of ether oxygens (including phenoxy) is 3. The van der Waals surface area contributed by atoms with Crippen molar-refractivity contribution in [2.45, 2.75) is 40.2 Å². The van der Waals surface area contributed by atoms with Crippen molar-refractivity contribution in [2.24, 2.45) is 0 Å². The summed E-state index contributed by atoms with van der Waals surface area (Å²) >= 11 is 1.61. The van der Waals surface area contributed by atoms with E-state index in [2.05, 4.69) is 5.16 Å². The second-order valence-electron chi connectivity index (χ2n) is 8.86. The molecule has 176 valence electrons. The maximum Gasteiger partial charge on any atom is 0.331 e. The first-order valence-corrected chi connectivity index (χ1v) is 11.7. The minimum absolute atomic E-state index is 0.378. The molecule has 0 unspecified atom stereocenters.